The molecule has 0 saturated heterocycles. The van der Waals surface area contributed by atoms with Crippen LogP contribution in [-0.2, 0) is 7.05 Å². The summed E-state index contributed by atoms with van der Waals surface area (Å²) in [6.07, 6.45) is 1.71. The van der Waals surface area contributed by atoms with Crippen LogP contribution in [0.4, 0.5) is 15.9 Å². The maximum absolute atomic E-state index is 14.3. The third-order valence-electron chi connectivity index (χ3n) is 4.22. The molecular weight excluding hydrogens is 353 g/mol. The van der Waals surface area contributed by atoms with Crippen molar-refractivity contribution >= 4 is 28.4 Å². The van der Waals surface area contributed by atoms with Crippen molar-refractivity contribution < 1.29 is 18.7 Å². The largest absolute Gasteiger partial charge is 0.463 e. The van der Waals surface area contributed by atoms with Gasteiger partial charge in [-0.25, -0.2) is 4.39 Å². The number of furan rings is 1. The number of pyridine rings is 1. The van der Waals surface area contributed by atoms with E-state index in [4.69, 9.17) is 9.52 Å². The van der Waals surface area contributed by atoms with Crippen LogP contribution in [-0.4, -0.2) is 28.7 Å². The van der Waals surface area contributed by atoms with E-state index in [0.717, 1.165) is 5.56 Å². The summed E-state index contributed by atoms with van der Waals surface area (Å²) in [5.74, 6) is -0.880. The normalized spacial score (nSPS) is 11.0. The predicted molar refractivity (Wildman–Crippen MR) is 99.9 cm³/mol. The summed E-state index contributed by atoms with van der Waals surface area (Å²) in [6, 6.07) is 6.09. The second-order valence-corrected chi connectivity index (χ2v) is 6.19. The molecule has 3 N–H and O–H groups in total. The molecule has 1 amide bonds. The molecule has 0 spiro atoms. The predicted octanol–water partition coefficient (Wildman–Crippen LogP) is 2.43. The number of aromatic nitrogens is 1. The number of aryl methyl sites for hydroxylation is 1. The lowest BCUT2D eigenvalue weighted by molar-refractivity contribution is 0.0952. The molecule has 142 valence electrons. The second-order valence-electron chi connectivity index (χ2n) is 6.19. The van der Waals surface area contributed by atoms with Crippen LogP contribution < -0.4 is 16.2 Å². The number of rotatable bonds is 6. The zero-order chi connectivity index (χ0) is 19.6. The average molecular weight is 373 g/mol. The molecule has 0 aliphatic heterocycles. The zero-order valence-corrected chi connectivity index (χ0v) is 15.0. The van der Waals surface area contributed by atoms with Crippen molar-refractivity contribution in [3.05, 3.63) is 57.8 Å². The minimum Gasteiger partial charge on any atom is -0.463 e. The quantitative estimate of drug-likeness (QED) is 0.577. The van der Waals surface area contributed by atoms with Gasteiger partial charge in [0.1, 0.15) is 17.2 Å². The number of nitrogens with one attached hydrogen (secondary N) is 2. The van der Waals surface area contributed by atoms with Crippen LogP contribution in [0.15, 0.2) is 39.7 Å². The summed E-state index contributed by atoms with van der Waals surface area (Å²) < 4.78 is 20.9. The fourth-order valence-electron chi connectivity index (χ4n) is 2.80. The van der Waals surface area contributed by atoms with E-state index < -0.39 is 11.7 Å². The molecular formula is C19H20FN3O4. The van der Waals surface area contributed by atoms with Crippen molar-refractivity contribution in [3.8, 4) is 0 Å². The lowest BCUT2D eigenvalue weighted by Gasteiger charge is -2.17. The first-order valence-corrected chi connectivity index (χ1v) is 8.46. The maximum Gasteiger partial charge on any atom is 0.263 e. The number of benzene rings is 1. The third kappa shape index (κ3) is 3.56. The van der Waals surface area contributed by atoms with Gasteiger partial charge >= 0.3 is 0 Å². The molecule has 3 aromatic rings. The zero-order valence-electron chi connectivity index (χ0n) is 15.0. The Morgan fingerprint density at radius 3 is 2.81 bits per heavy atom. The van der Waals surface area contributed by atoms with Crippen molar-refractivity contribution in [3.63, 3.8) is 0 Å². The van der Waals surface area contributed by atoms with Crippen molar-refractivity contribution in [2.24, 2.45) is 7.05 Å². The molecule has 0 atom stereocenters. The molecule has 2 heterocycles. The summed E-state index contributed by atoms with van der Waals surface area (Å²) in [5.41, 5.74) is 0.714. The van der Waals surface area contributed by atoms with Crippen molar-refractivity contribution in [1.82, 2.24) is 9.88 Å². The lowest BCUT2D eigenvalue weighted by Crippen LogP contribution is -2.29. The van der Waals surface area contributed by atoms with Gasteiger partial charge in [-0.3, -0.25) is 14.2 Å². The fourth-order valence-corrected chi connectivity index (χ4v) is 2.80. The molecule has 0 radical (unpaired) electrons. The van der Waals surface area contributed by atoms with Gasteiger partial charge in [-0.05, 0) is 37.1 Å². The molecule has 0 bridgehead atoms. The highest BCUT2D eigenvalue weighted by Gasteiger charge is 2.23. The van der Waals surface area contributed by atoms with E-state index in [0.29, 0.717) is 6.42 Å². The van der Waals surface area contributed by atoms with E-state index >= 15 is 0 Å². The van der Waals surface area contributed by atoms with E-state index in [1.165, 1.54) is 36.1 Å². The summed E-state index contributed by atoms with van der Waals surface area (Å²) in [7, 11) is 1.49. The second kappa shape index (κ2) is 7.63. The highest BCUT2D eigenvalue weighted by molar-refractivity contribution is 6.09. The van der Waals surface area contributed by atoms with Gasteiger partial charge in [0.2, 0.25) is 0 Å². The van der Waals surface area contributed by atoms with Gasteiger partial charge in [-0.2, -0.15) is 0 Å². The molecule has 1 aromatic carbocycles. The molecule has 8 heteroatoms. The molecule has 0 aliphatic carbocycles. The SMILES string of the molecule is Cc1ccc(Nc2c(C(=O)NCCCO)c3occc3c(=O)n2C)c(F)c1. The van der Waals surface area contributed by atoms with E-state index in [1.807, 2.05) is 0 Å². The Bertz CT molecular complexity index is 1060. The first-order chi connectivity index (χ1) is 12.9. The number of aliphatic hydroxyl groups is 1. The molecule has 7 nitrogen and oxygen atoms in total. The minimum atomic E-state index is -0.506. The maximum atomic E-state index is 14.3. The molecule has 27 heavy (non-hydrogen) atoms. The number of halogens is 1. The van der Waals surface area contributed by atoms with E-state index in [9.17, 15) is 14.0 Å². The molecule has 0 saturated carbocycles. The summed E-state index contributed by atoms with van der Waals surface area (Å²) in [6.45, 7) is 1.94. The first kappa shape index (κ1) is 18.7. The molecule has 3 rings (SSSR count). The number of hydrogen-bond donors (Lipinski definition) is 3. The molecule has 0 fully saturated rings. The topological polar surface area (TPSA) is 96.5 Å². The van der Waals surface area contributed by atoms with Crippen LogP contribution in [0.5, 0.6) is 0 Å². The van der Waals surface area contributed by atoms with Crippen molar-refractivity contribution in [1.29, 1.82) is 0 Å². The van der Waals surface area contributed by atoms with Crippen molar-refractivity contribution in [2.45, 2.75) is 13.3 Å². The van der Waals surface area contributed by atoms with Crippen LogP contribution in [0.25, 0.3) is 11.0 Å². The van der Waals surface area contributed by atoms with Crippen LogP contribution in [0.1, 0.15) is 22.3 Å². The number of amides is 1. The summed E-state index contributed by atoms with van der Waals surface area (Å²) in [5, 5.41) is 14.7. The highest BCUT2D eigenvalue weighted by atomic mass is 19.1. The number of nitrogens with zero attached hydrogens (tertiary/aromatic N) is 1. The van der Waals surface area contributed by atoms with E-state index in [2.05, 4.69) is 10.6 Å². The standard InChI is InChI=1S/C19H20FN3O4/c1-11-4-5-14(13(20)10-11)22-17-15(18(25)21-7-3-8-24)16-12(6-9-27-16)19(26)23(17)2/h4-6,9-10,22,24H,3,7-8H2,1-2H3,(H,21,25). The Morgan fingerprint density at radius 2 is 2.11 bits per heavy atom. The minimum absolute atomic E-state index is 0.0661. The van der Waals surface area contributed by atoms with Gasteiger partial charge in [0, 0.05) is 20.2 Å². The number of carbonyl (C=O) groups is 1. The molecule has 0 aliphatic rings. The lowest BCUT2D eigenvalue weighted by atomic mass is 10.1. The first-order valence-electron chi connectivity index (χ1n) is 8.46. The Labute approximate surface area is 154 Å². The number of anilines is 2. The summed E-state index contributed by atoms with van der Waals surface area (Å²) >= 11 is 0. The number of aliphatic hydroxyl groups excluding tert-OH is 1. The molecule has 0 unspecified atom stereocenters. The highest BCUT2D eigenvalue weighted by Crippen LogP contribution is 2.28. The van der Waals surface area contributed by atoms with Gasteiger partial charge in [0.25, 0.3) is 11.5 Å². The Hall–Kier alpha value is -3.13. The van der Waals surface area contributed by atoms with Gasteiger partial charge < -0.3 is 20.2 Å². The van der Waals surface area contributed by atoms with E-state index in [1.54, 1.807) is 13.0 Å². The summed E-state index contributed by atoms with van der Waals surface area (Å²) in [4.78, 5) is 25.3. The Kier molecular flexibility index (Phi) is 5.27. The van der Waals surface area contributed by atoms with Crippen molar-refractivity contribution in [2.75, 3.05) is 18.5 Å². The Morgan fingerprint density at radius 1 is 1.33 bits per heavy atom. The monoisotopic (exact) mass is 373 g/mol. The number of hydrogen-bond acceptors (Lipinski definition) is 5. The van der Waals surface area contributed by atoms with Crippen LogP contribution in [0, 0.1) is 12.7 Å². The fraction of sp³-hybridized carbons (Fsp3) is 0.263. The Balaban J connectivity index is 2.14. The number of carbonyl (C=O) groups excluding carboxylic acids is 1. The van der Waals surface area contributed by atoms with E-state index in [-0.39, 0.29) is 46.7 Å². The van der Waals surface area contributed by atoms with Gasteiger partial charge in [-0.1, -0.05) is 6.07 Å². The average Bonchev–Trinajstić information content (AvgIpc) is 3.11. The van der Waals surface area contributed by atoms with Crippen LogP contribution >= 0.6 is 0 Å². The van der Waals surface area contributed by atoms with Gasteiger partial charge in [-0.15, -0.1) is 0 Å². The van der Waals surface area contributed by atoms with Crippen LogP contribution in [0.3, 0.4) is 0 Å². The smallest absolute Gasteiger partial charge is 0.263 e. The third-order valence-corrected chi connectivity index (χ3v) is 4.22. The van der Waals surface area contributed by atoms with Crippen LogP contribution in [0.2, 0.25) is 0 Å². The number of fused-ring (bicyclic) bond motifs is 1. The van der Waals surface area contributed by atoms with Gasteiger partial charge in [0.05, 0.1) is 17.3 Å². The molecule has 2 aromatic heterocycles. The van der Waals surface area contributed by atoms with Gasteiger partial charge in [0.15, 0.2) is 5.58 Å².